The van der Waals surface area contributed by atoms with Crippen molar-refractivity contribution in [3.8, 4) is 0 Å². The molecule has 0 aliphatic rings. The molecule has 0 aliphatic carbocycles. The van der Waals surface area contributed by atoms with Gasteiger partial charge in [0.05, 0.1) is 0 Å². The van der Waals surface area contributed by atoms with E-state index in [4.69, 9.17) is 0 Å². The molecule has 0 spiro atoms. The van der Waals surface area contributed by atoms with E-state index in [1.54, 1.807) is 18.4 Å². The zero-order chi connectivity index (χ0) is 17.2. The van der Waals surface area contributed by atoms with Gasteiger partial charge in [-0.3, -0.25) is 8.89 Å². The average molecular weight is 345 g/mol. The van der Waals surface area contributed by atoms with Crippen molar-refractivity contribution in [3.05, 3.63) is 47.3 Å². The first kappa shape index (κ1) is 17.7. The highest BCUT2D eigenvalue weighted by atomic mass is 32.2. The quantitative estimate of drug-likeness (QED) is 0.906. The summed E-state index contributed by atoms with van der Waals surface area (Å²) in [6.07, 6.45) is -1.50. The molecule has 0 radical (unpaired) electrons. The van der Waals surface area contributed by atoms with Crippen molar-refractivity contribution < 1.29 is 17.4 Å². The number of nitrogens with one attached hydrogen (secondary N) is 1. The van der Waals surface area contributed by atoms with Crippen molar-refractivity contribution in [2.75, 3.05) is 6.26 Å². The lowest BCUT2D eigenvalue weighted by atomic mass is 10.1. The van der Waals surface area contributed by atoms with Crippen molar-refractivity contribution in [1.82, 2.24) is 15.1 Å². The van der Waals surface area contributed by atoms with E-state index in [-0.39, 0.29) is 18.2 Å². The highest BCUT2D eigenvalue weighted by Gasteiger charge is 2.36. The minimum atomic E-state index is -4.46. The van der Waals surface area contributed by atoms with Crippen LogP contribution in [-0.2, 0) is 30.6 Å². The lowest BCUT2D eigenvalue weighted by Gasteiger charge is -2.15. The Hall–Kier alpha value is -1.67. The number of aryl methyl sites for hydroxylation is 1. The van der Waals surface area contributed by atoms with Crippen LogP contribution in [0.2, 0.25) is 0 Å². The van der Waals surface area contributed by atoms with Crippen LogP contribution in [0.25, 0.3) is 0 Å². The maximum atomic E-state index is 12.9. The van der Waals surface area contributed by atoms with Crippen LogP contribution in [0.1, 0.15) is 29.8 Å². The number of benzene rings is 1. The highest BCUT2D eigenvalue weighted by molar-refractivity contribution is 7.84. The zero-order valence-electron chi connectivity index (χ0n) is 13.0. The van der Waals surface area contributed by atoms with Crippen LogP contribution in [0.5, 0.6) is 0 Å². The van der Waals surface area contributed by atoms with Crippen LogP contribution in [0.4, 0.5) is 13.2 Å². The molecule has 0 saturated carbocycles. The van der Waals surface area contributed by atoms with Crippen molar-refractivity contribution in [2.24, 2.45) is 7.05 Å². The van der Waals surface area contributed by atoms with E-state index < -0.39 is 22.7 Å². The first-order valence-electron chi connectivity index (χ1n) is 6.95. The summed E-state index contributed by atoms with van der Waals surface area (Å²) in [5.41, 5.74) is 0.159. The highest BCUT2D eigenvalue weighted by Crippen LogP contribution is 2.30. The Morgan fingerprint density at radius 3 is 2.43 bits per heavy atom. The minimum Gasteiger partial charge on any atom is -0.306 e. The second kappa shape index (κ2) is 6.84. The number of halogens is 3. The van der Waals surface area contributed by atoms with E-state index in [2.05, 4.69) is 10.4 Å². The van der Waals surface area contributed by atoms with Crippen LogP contribution in [0.15, 0.2) is 35.4 Å². The summed E-state index contributed by atoms with van der Waals surface area (Å²) in [6, 6.07) is 7.02. The summed E-state index contributed by atoms with van der Waals surface area (Å²) in [4.78, 5) is 0.715. The molecule has 126 valence electrons. The SMILES string of the molecule is C[C@H](NCc1cn(C)nc1C(F)(F)F)c1ccc([S@](C)=O)cc1. The molecule has 0 aliphatic heterocycles. The number of hydrogen-bond acceptors (Lipinski definition) is 3. The van der Waals surface area contributed by atoms with Gasteiger partial charge in [0.1, 0.15) is 0 Å². The third kappa shape index (κ3) is 4.42. The molecule has 0 amide bonds. The van der Waals surface area contributed by atoms with E-state index >= 15 is 0 Å². The Kier molecular flexibility index (Phi) is 5.26. The Bertz CT molecular complexity index is 695. The number of nitrogens with zero attached hydrogens (tertiary/aromatic N) is 2. The Balaban J connectivity index is 2.07. The standard InChI is InChI=1S/C15H18F3N3OS/c1-10(11-4-6-13(7-5-11)23(3)22)19-8-12-9-21(2)20-14(12)15(16,17)18/h4-7,9-10,19H,8H2,1-3H3/t10-,23-/m0/s1. The van der Waals surface area contributed by atoms with E-state index in [1.165, 1.54) is 13.2 Å². The van der Waals surface area contributed by atoms with Crippen molar-refractivity contribution in [1.29, 1.82) is 0 Å². The molecule has 2 atom stereocenters. The smallest absolute Gasteiger partial charge is 0.306 e. The Labute approximate surface area is 135 Å². The summed E-state index contributed by atoms with van der Waals surface area (Å²) >= 11 is 0. The molecule has 1 aromatic heterocycles. The Morgan fingerprint density at radius 2 is 1.91 bits per heavy atom. The van der Waals surface area contributed by atoms with Crippen LogP contribution < -0.4 is 5.32 Å². The van der Waals surface area contributed by atoms with E-state index in [9.17, 15) is 17.4 Å². The maximum Gasteiger partial charge on any atom is 0.435 e. The molecule has 0 fully saturated rings. The van der Waals surface area contributed by atoms with Gasteiger partial charge in [0, 0.05) is 53.3 Å². The summed E-state index contributed by atoms with van der Waals surface area (Å²) < 4.78 is 51.2. The molecule has 1 aromatic carbocycles. The zero-order valence-corrected chi connectivity index (χ0v) is 13.8. The molecule has 4 nitrogen and oxygen atoms in total. The van der Waals surface area contributed by atoms with Gasteiger partial charge >= 0.3 is 6.18 Å². The van der Waals surface area contributed by atoms with Gasteiger partial charge in [-0.15, -0.1) is 0 Å². The molecule has 23 heavy (non-hydrogen) atoms. The first-order valence-corrected chi connectivity index (χ1v) is 8.50. The largest absolute Gasteiger partial charge is 0.435 e. The third-order valence-electron chi connectivity index (χ3n) is 3.48. The molecule has 2 aromatic rings. The maximum absolute atomic E-state index is 12.9. The van der Waals surface area contributed by atoms with Crippen LogP contribution in [-0.4, -0.2) is 20.2 Å². The predicted octanol–water partition coefficient (Wildman–Crippen LogP) is 3.03. The van der Waals surface area contributed by atoms with Crippen molar-refractivity contribution in [3.63, 3.8) is 0 Å². The van der Waals surface area contributed by atoms with Gasteiger partial charge in [0.15, 0.2) is 5.69 Å². The summed E-state index contributed by atoms with van der Waals surface area (Å²) in [5.74, 6) is 0. The van der Waals surface area contributed by atoms with E-state index in [1.807, 2.05) is 19.1 Å². The fourth-order valence-electron chi connectivity index (χ4n) is 2.23. The molecular weight excluding hydrogens is 327 g/mol. The lowest BCUT2D eigenvalue weighted by molar-refractivity contribution is -0.142. The van der Waals surface area contributed by atoms with Gasteiger partial charge in [0.2, 0.25) is 0 Å². The third-order valence-corrected chi connectivity index (χ3v) is 4.42. The van der Waals surface area contributed by atoms with Crippen LogP contribution in [0.3, 0.4) is 0 Å². The van der Waals surface area contributed by atoms with Gasteiger partial charge in [-0.2, -0.15) is 18.3 Å². The molecule has 0 unspecified atom stereocenters. The predicted molar refractivity (Wildman–Crippen MR) is 82.2 cm³/mol. The van der Waals surface area contributed by atoms with Gasteiger partial charge in [0.25, 0.3) is 0 Å². The fourth-order valence-corrected chi connectivity index (χ4v) is 2.75. The van der Waals surface area contributed by atoms with Gasteiger partial charge in [-0.05, 0) is 24.6 Å². The van der Waals surface area contributed by atoms with Gasteiger partial charge < -0.3 is 5.32 Å². The molecule has 0 saturated heterocycles. The molecule has 0 bridgehead atoms. The average Bonchev–Trinajstić information content (AvgIpc) is 2.86. The molecule has 8 heteroatoms. The molecule has 1 N–H and O–H groups in total. The minimum absolute atomic E-state index is 0.0608. The first-order chi connectivity index (χ1) is 10.7. The second-order valence-electron chi connectivity index (χ2n) is 5.30. The summed E-state index contributed by atoms with van der Waals surface area (Å²) in [7, 11) is 0.413. The number of hydrogen-bond donors (Lipinski definition) is 1. The van der Waals surface area contributed by atoms with Crippen LogP contribution in [0, 0.1) is 0 Å². The monoisotopic (exact) mass is 345 g/mol. The van der Waals surface area contributed by atoms with Crippen molar-refractivity contribution >= 4 is 10.8 Å². The number of rotatable bonds is 5. The lowest BCUT2D eigenvalue weighted by Crippen LogP contribution is -2.20. The number of alkyl halides is 3. The topological polar surface area (TPSA) is 46.9 Å². The molecule has 2 rings (SSSR count). The summed E-state index contributed by atoms with van der Waals surface area (Å²) in [6.45, 7) is 1.92. The fraction of sp³-hybridized carbons (Fsp3) is 0.400. The van der Waals surface area contributed by atoms with E-state index in [0.29, 0.717) is 4.90 Å². The normalized spacial score (nSPS) is 14.7. The van der Waals surface area contributed by atoms with Crippen molar-refractivity contribution in [2.45, 2.75) is 30.6 Å². The molecule has 1 heterocycles. The van der Waals surface area contributed by atoms with Gasteiger partial charge in [-0.1, -0.05) is 12.1 Å². The number of aromatic nitrogens is 2. The van der Waals surface area contributed by atoms with E-state index in [0.717, 1.165) is 10.2 Å². The second-order valence-corrected chi connectivity index (χ2v) is 6.68. The summed E-state index contributed by atoms with van der Waals surface area (Å²) in [5, 5.41) is 6.54. The molecular formula is C15H18F3N3OS. The van der Waals surface area contributed by atoms with Gasteiger partial charge in [-0.25, -0.2) is 0 Å². The van der Waals surface area contributed by atoms with Crippen LogP contribution >= 0.6 is 0 Å². The Morgan fingerprint density at radius 1 is 1.30 bits per heavy atom.